The molecule has 0 N–H and O–H groups in total. The highest BCUT2D eigenvalue weighted by Gasteiger charge is 2.32. The smallest absolute Gasteiger partial charge is 0.244 e. The molecule has 1 amide bonds. The van der Waals surface area contributed by atoms with Crippen molar-refractivity contribution in [3.63, 3.8) is 0 Å². The van der Waals surface area contributed by atoms with E-state index in [0.29, 0.717) is 30.2 Å². The maximum Gasteiger partial charge on any atom is 0.244 e. The first kappa shape index (κ1) is 17.7. The summed E-state index contributed by atoms with van der Waals surface area (Å²) < 4.78 is 19.2. The van der Waals surface area contributed by atoms with E-state index in [1.165, 1.54) is 6.07 Å². The Hall–Kier alpha value is -2.11. The molecular formula is C19H20ClFN2O2. The second-order valence-corrected chi connectivity index (χ2v) is 6.51. The minimum atomic E-state index is -0.343. The van der Waals surface area contributed by atoms with Gasteiger partial charge >= 0.3 is 0 Å². The third-order valence-corrected chi connectivity index (χ3v) is 4.79. The summed E-state index contributed by atoms with van der Waals surface area (Å²) in [6.07, 6.45) is 0. The van der Waals surface area contributed by atoms with Crippen LogP contribution in [0.5, 0.6) is 5.75 Å². The molecule has 1 fully saturated rings. The van der Waals surface area contributed by atoms with Crippen molar-refractivity contribution in [1.29, 1.82) is 0 Å². The summed E-state index contributed by atoms with van der Waals surface area (Å²) in [5, 5.41) is 0.370. The SMILES string of the molecule is COc1ccc(N2CCN(Cc3ccc(Cl)cc3F)C(C)C2=O)cc1. The molecule has 2 aromatic rings. The van der Waals surface area contributed by atoms with Gasteiger partial charge in [-0.3, -0.25) is 9.69 Å². The summed E-state index contributed by atoms with van der Waals surface area (Å²) in [7, 11) is 1.61. The topological polar surface area (TPSA) is 32.8 Å². The van der Waals surface area contributed by atoms with Crippen molar-refractivity contribution < 1.29 is 13.9 Å². The van der Waals surface area contributed by atoms with Crippen LogP contribution in [0, 0.1) is 5.82 Å². The fourth-order valence-corrected chi connectivity index (χ4v) is 3.18. The molecule has 2 aromatic carbocycles. The van der Waals surface area contributed by atoms with Crippen LogP contribution in [0.25, 0.3) is 0 Å². The van der Waals surface area contributed by atoms with Gasteiger partial charge < -0.3 is 9.64 Å². The van der Waals surface area contributed by atoms with Crippen molar-refractivity contribution in [2.75, 3.05) is 25.1 Å². The monoisotopic (exact) mass is 362 g/mol. The first-order valence-electron chi connectivity index (χ1n) is 8.13. The van der Waals surface area contributed by atoms with Crippen LogP contribution < -0.4 is 9.64 Å². The number of piperazine rings is 1. The van der Waals surface area contributed by atoms with Crippen LogP contribution in [0.4, 0.5) is 10.1 Å². The van der Waals surface area contributed by atoms with Gasteiger partial charge in [-0.2, -0.15) is 0 Å². The highest BCUT2D eigenvalue weighted by Crippen LogP contribution is 2.25. The van der Waals surface area contributed by atoms with Crippen molar-refractivity contribution in [2.24, 2.45) is 0 Å². The molecule has 6 heteroatoms. The third-order valence-electron chi connectivity index (χ3n) is 4.55. The Labute approximate surface area is 151 Å². The summed E-state index contributed by atoms with van der Waals surface area (Å²) in [4.78, 5) is 16.5. The number of ether oxygens (including phenoxy) is 1. The number of nitrogens with zero attached hydrogens (tertiary/aromatic N) is 2. The lowest BCUT2D eigenvalue weighted by atomic mass is 10.1. The standard InChI is InChI=1S/C19H20ClFN2O2/c1-13-19(24)23(16-5-7-17(25-2)8-6-16)10-9-22(13)12-14-3-4-15(20)11-18(14)21/h3-8,11,13H,9-10,12H2,1-2H3. The molecule has 3 rings (SSSR count). The summed E-state index contributed by atoms with van der Waals surface area (Å²) in [5.41, 5.74) is 1.39. The molecule has 0 spiro atoms. The predicted molar refractivity (Wildman–Crippen MR) is 96.6 cm³/mol. The van der Waals surface area contributed by atoms with Crippen molar-refractivity contribution in [3.8, 4) is 5.75 Å². The van der Waals surface area contributed by atoms with E-state index in [2.05, 4.69) is 0 Å². The molecule has 132 valence electrons. The van der Waals surface area contributed by atoms with Gasteiger partial charge in [0.15, 0.2) is 0 Å². The molecule has 1 saturated heterocycles. The lowest BCUT2D eigenvalue weighted by Gasteiger charge is -2.39. The van der Waals surface area contributed by atoms with E-state index < -0.39 is 0 Å². The first-order valence-corrected chi connectivity index (χ1v) is 8.51. The zero-order valence-corrected chi connectivity index (χ0v) is 15.0. The van der Waals surface area contributed by atoms with Crippen LogP contribution >= 0.6 is 11.6 Å². The Balaban J connectivity index is 1.72. The molecule has 0 aliphatic carbocycles. The van der Waals surface area contributed by atoms with E-state index in [0.717, 1.165) is 11.4 Å². The quantitative estimate of drug-likeness (QED) is 0.831. The summed E-state index contributed by atoms with van der Waals surface area (Å²) in [6, 6.07) is 11.7. The molecule has 1 aliphatic rings. The average Bonchev–Trinajstić information content (AvgIpc) is 2.61. The van der Waals surface area contributed by atoms with Crippen molar-refractivity contribution in [1.82, 2.24) is 4.90 Å². The Bertz CT molecular complexity index is 767. The van der Waals surface area contributed by atoms with Gasteiger partial charge in [0, 0.05) is 35.9 Å². The van der Waals surface area contributed by atoms with Crippen LogP contribution in [-0.2, 0) is 11.3 Å². The molecule has 0 radical (unpaired) electrons. The Morgan fingerprint density at radius 2 is 1.92 bits per heavy atom. The van der Waals surface area contributed by atoms with E-state index in [4.69, 9.17) is 16.3 Å². The molecular weight excluding hydrogens is 343 g/mol. The fourth-order valence-electron chi connectivity index (χ4n) is 3.02. The fraction of sp³-hybridized carbons (Fsp3) is 0.316. The van der Waals surface area contributed by atoms with Crippen molar-refractivity contribution >= 4 is 23.2 Å². The van der Waals surface area contributed by atoms with Crippen molar-refractivity contribution in [2.45, 2.75) is 19.5 Å². The van der Waals surface area contributed by atoms with Gasteiger partial charge in [0.1, 0.15) is 11.6 Å². The van der Waals surface area contributed by atoms with Crippen LogP contribution in [0.2, 0.25) is 5.02 Å². The molecule has 1 unspecified atom stereocenters. The average molecular weight is 363 g/mol. The normalized spacial score (nSPS) is 18.5. The number of amides is 1. The number of methoxy groups -OCH3 is 1. The summed E-state index contributed by atoms with van der Waals surface area (Å²) in [6.45, 7) is 3.46. The van der Waals surface area contributed by atoms with E-state index in [1.807, 2.05) is 36.1 Å². The molecule has 25 heavy (non-hydrogen) atoms. The lowest BCUT2D eigenvalue weighted by molar-refractivity contribution is -0.125. The van der Waals surface area contributed by atoms with Gasteiger partial charge in [-0.05, 0) is 43.3 Å². The minimum Gasteiger partial charge on any atom is -0.497 e. The maximum absolute atomic E-state index is 14.0. The molecule has 1 aliphatic heterocycles. The highest BCUT2D eigenvalue weighted by molar-refractivity contribution is 6.30. The third kappa shape index (κ3) is 3.78. The van der Waals surface area contributed by atoms with E-state index in [1.54, 1.807) is 24.1 Å². The summed E-state index contributed by atoms with van der Waals surface area (Å²) in [5.74, 6) is 0.414. The Kier molecular flexibility index (Phi) is 5.25. The van der Waals surface area contributed by atoms with Crippen molar-refractivity contribution in [3.05, 3.63) is 58.9 Å². The molecule has 0 bridgehead atoms. The molecule has 4 nitrogen and oxygen atoms in total. The molecule has 0 aromatic heterocycles. The van der Waals surface area contributed by atoms with Gasteiger partial charge in [-0.25, -0.2) is 4.39 Å². The Morgan fingerprint density at radius 3 is 2.56 bits per heavy atom. The second-order valence-electron chi connectivity index (χ2n) is 6.07. The molecule has 1 heterocycles. The van der Waals surface area contributed by atoms with Gasteiger partial charge in [0.2, 0.25) is 5.91 Å². The van der Waals surface area contributed by atoms with Crippen LogP contribution in [-0.4, -0.2) is 37.0 Å². The van der Waals surface area contributed by atoms with E-state index in [-0.39, 0.29) is 17.8 Å². The number of hydrogen-bond acceptors (Lipinski definition) is 3. The molecule has 1 atom stereocenters. The first-order chi connectivity index (χ1) is 12.0. The summed E-state index contributed by atoms with van der Waals surface area (Å²) >= 11 is 5.80. The molecule has 0 saturated carbocycles. The van der Waals surface area contributed by atoms with Gasteiger partial charge in [-0.15, -0.1) is 0 Å². The predicted octanol–water partition coefficient (Wildman–Crippen LogP) is 3.73. The van der Waals surface area contributed by atoms with Crippen LogP contribution in [0.15, 0.2) is 42.5 Å². The number of halogens is 2. The minimum absolute atomic E-state index is 0.00536. The van der Waals surface area contributed by atoms with E-state index >= 15 is 0 Å². The number of hydrogen-bond donors (Lipinski definition) is 0. The number of benzene rings is 2. The van der Waals surface area contributed by atoms with E-state index in [9.17, 15) is 9.18 Å². The second kappa shape index (κ2) is 7.42. The number of rotatable bonds is 4. The largest absolute Gasteiger partial charge is 0.497 e. The number of carbonyl (C=O) groups excluding carboxylic acids is 1. The number of carbonyl (C=O) groups is 1. The maximum atomic E-state index is 14.0. The van der Waals surface area contributed by atoms with Gasteiger partial charge in [0.25, 0.3) is 0 Å². The van der Waals surface area contributed by atoms with Crippen LogP contribution in [0.3, 0.4) is 0 Å². The highest BCUT2D eigenvalue weighted by atomic mass is 35.5. The lowest BCUT2D eigenvalue weighted by Crippen LogP contribution is -2.55. The van der Waals surface area contributed by atoms with Gasteiger partial charge in [0.05, 0.1) is 13.2 Å². The zero-order chi connectivity index (χ0) is 18.0. The zero-order valence-electron chi connectivity index (χ0n) is 14.2. The van der Waals surface area contributed by atoms with Crippen LogP contribution in [0.1, 0.15) is 12.5 Å². The van der Waals surface area contributed by atoms with Gasteiger partial charge in [-0.1, -0.05) is 17.7 Å². The number of anilines is 1. The Morgan fingerprint density at radius 1 is 1.20 bits per heavy atom.